The molecule has 0 aliphatic rings. The van der Waals surface area contributed by atoms with Gasteiger partial charge in [-0.2, -0.15) is 0 Å². The van der Waals surface area contributed by atoms with Crippen LogP contribution in [-0.4, -0.2) is 46.1 Å². The number of hydrogen-bond donors (Lipinski definition) is 2. The second kappa shape index (κ2) is 17.5. The highest BCUT2D eigenvalue weighted by Gasteiger charge is 2.19. The van der Waals surface area contributed by atoms with E-state index in [1.807, 2.05) is 60.3 Å². The number of carbonyl (C=O) groups is 2. The molecule has 0 radical (unpaired) electrons. The van der Waals surface area contributed by atoms with E-state index in [1.165, 1.54) is 37.8 Å². The number of halogens is 1. The normalized spacial score (nSPS) is 11.2. The van der Waals surface area contributed by atoms with Gasteiger partial charge in [0, 0.05) is 58.8 Å². The van der Waals surface area contributed by atoms with Crippen LogP contribution in [0.25, 0.3) is 44.3 Å². The number of fused-ring (bicyclic) bond motifs is 2. The van der Waals surface area contributed by atoms with Crippen molar-refractivity contribution in [2.75, 3.05) is 11.5 Å². The van der Waals surface area contributed by atoms with Crippen LogP contribution in [0.2, 0.25) is 5.02 Å². The molecule has 0 bridgehead atoms. The number of aromatic nitrogens is 6. The zero-order valence-corrected chi connectivity index (χ0v) is 35.4. The Bertz CT molecular complexity index is 3000. The number of nitrogens with zero attached hydrogens (tertiary/aromatic N) is 7. The molecule has 0 amide bonds. The number of nitrogen functional groups attached to an aromatic ring is 2. The second-order valence-corrected chi connectivity index (χ2v) is 15.4. The van der Waals surface area contributed by atoms with Crippen LogP contribution in [0.3, 0.4) is 0 Å². The minimum absolute atomic E-state index is 0.0802. The highest BCUT2D eigenvalue weighted by atomic mass is 35.5. The number of rotatable bonds is 11. The molecule has 314 valence electrons. The number of non-ortho nitro benzene ring substituents is 1. The van der Waals surface area contributed by atoms with Gasteiger partial charge in [-0.15, -0.1) is 0 Å². The number of nitrogens with two attached hydrogens (primary N) is 2. The van der Waals surface area contributed by atoms with Gasteiger partial charge in [0.25, 0.3) is 5.69 Å². The molecule has 0 atom stereocenters. The molecule has 8 aromatic rings. The number of hydrogen-bond acceptors (Lipinski definition) is 12. The Morgan fingerprint density at radius 3 is 1.66 bits per heavy atom. The van der Waals surface area contributed by atoms with Crippen LogP contribution in [0.5, 0.6) is 23.0 Å². The van der Waals surface area contributed by atoms with Gasteiger partial charge in [0.15, 0.2) is 12.1 Å². The van der Waals surface area contributed by atoms with Crippen molar-refractivity contribution in [3.05, 3.63) is 136 Å². The summed E-state index contributed by atoms with van der Waals surface area (Å²) in [4.78, 5) is 50.8. The van der Waals surface area contributed by atoms with Crippen molar-refractivity contribution < 1.29 is 24.0 Å². The van der Waals surface area contributed by atoms with Crippen LogP contribution in [-0.2, 0) is 0 Å². The van der Waals surface area contributed by atoms with E-state index in [-0.39, 0.29) is 34.9 Å². The van der Waals surface area contributed by atoms with E-state index < -0.39 is 4.92 Å². The molecule has 0 saturated heterocycles. The van der Waals surface area contributed by atoms with Gasteiger partial charge in [-0.3, -0.25) is 19.7 Å². The van der Waals surface area contributed by atoms with Crippen LogP contribution < -0.4 is 20.9 Å². The number of nitro benzene ring substituents is 1. The summed E-state index contributed by atoms with van der Waals surface area (Å²) in [6.45, 7) is 11.7. The van der Waals surface area contributed by atoms with E-state index in [2.05, 4.69) is 52.2 Å². The Morgan fingerprint density at radius 1 is 0.742 bits per heavy atom. The Hall–Kier alpha value is -7.65. The van der Waals surface area contributed by atoms with E-state index >= 15 is 0 Å². The summed E-state index contributed by atoms with van der Waals surface area (Å²) in [6.07, 6.45) is 7.50. The zero-order chi connectivity index (χ0) is 44.4. The van der Waals surface area contributed by atoms with Gasteiger partial charge in [-0.1, -0.05) is 35.9 Å². The first-order valence-electron chi connectivity index (χ1n) is 19.5. The van der Waals surface area contributed by atoms with Crippen molar-refractivity contribution in [2.45, 2.75) is 53.6 Å². The third kappa shape index (κ3) is 8.51. The van der Waals surface area contributed by atoms with Crippen LogP contribution in [0.15, 0.2) is 104 Å². The fourth-order valence-electron chi connectivity index (χ4n) is 6.96. The van der Waals surface area contributed by atoms with Gasteiger partial charge in [-0.05, 0) is 94.6 Å². The van der Waals surface area contributed by atoms with E-state index in [9.17, 15) is 19.7 Å². The van der Waals surface area contributed by atoms with Crippen molar-refractivity contribution in [2.24, 2.45) is 0 Å². The molecule has 4 aromatic carbocycles. The number of benzene rings is 4. The van der Waals surface area contributed by atoms with Crippen LogP contribution in [0.1, 0.15) is 73.0 Å². The second-order valence-electron chi connectivity index (χ2n) is 15.0. The third-order valence-electron chi connectivity index (χ3n) is 10.1. The maximum Gasteiger partial charge on any atom is 0.270 e. The summed E-state index contributed by atoms with van der Waals surface area (Å²) >= 11 is 6.24. The largest absolute Gasteiger partial charge is 0.457 e. The molecular weight excluding hydrogens is 810 g/mol. The molecule has 0 saturated carbocycles. The van der Waals surface area contributed by atoms with Crippen LogP contribution in [0.4, 0.5) is 17.3 Å². The first-order valence-corrected chi connectivity index (χ1v) is 19.9. The number of anilines is 2. The lowest BCUT2D eigenvalue weighted by Crippen LogP contribution is -2.00. The Kier molecular flexibility index (Phi) is 12.0. The van der Waals surface area contributed by atoms with Crippen molar-refractivity contribution >= 4 is 63.1 Å². The monoisotopic (exact) mass is 851 g/mol. The summed E-state index contributed by atoms with van der Waals surface area (Å²) < 4.78 is 15.9. The number of nitro groups is 1. The minimum atomic E-state index is -0.561. The van der Waals surface area contributed by atoms with Crippen LogP contribution >= 0.6 is 11.6 Å². The summed E-state index contributed by atoms with van der Waals surface area (Å²) in [7, 11) is 0. The van der Waals surface area contributed by atoms with E-state index in [1.54, 1.807) is 24.3 Å². The molecule has 16 heteroatoms. The summed E-state index contributed by atoms with van der Waals surface area (Å²) in [5.74, 6) is 2.53. The predicted octanol–water partition coefficient (Wildman–Crippen LogP) is 11.0. The SMILES string of the molecule is CC(=O)c1cc(C)c(Cl)cc1Oc1ccc(-c2cn(C(C)C)c3ncnc(N)c23)cc1.CC(C)n1cc(-c2ccc(Oc3ccc([N+](=O)[O-])cc3C=O)cc2)c2c(N)ncnc21. The van der Waals surface area contributed by atoms with Gasteiger partial charge in [-0.25, -0.2) is 19.9 Å². The van der Waals surface area contributed by atoms with Crippen molar-refractivity contribution in [1.29, 1.82) is 0 Å². The average molecular weight is 852 g/mol. The lowest BCUT2D eigenvalue weighted by atomic mass is 10.1. The summed E-state index contributed by atoms with van der Waals surface area (Å²) in [6, 6.07) is 22.6. The molecule has 15 nitrogen and oxygen atoms in total. The topological polar surface area (TPSA) is 209 Å². The average Bonchev–Trinajstić information content (AvgIpc) is 3.85. The predicted molar refractivity (Wildman–Crippen MR) is 240 cm³/mol. The highest BCUT2D eigenvalue weighted by molar-refractivity contribution is 6.31. The first kappa shape index (κ1) is 42.5. The summed E-state index contributed by atoms with van der Waals surface area (Å²) in [5, 5.41) is 13.1. The smallest absolute Gasteiger partial charge is 0.270 e. The van der Waals surface area contributed by atoms with E-state index in [0.29, 0.717) is 45.8 Å². The molecule has 0 spiro atoms. The van der Waals surface area contributed by atoms with Gasteiger partial charge >= 0.3 is 0 Å². The van der Waals surface area contributed by atoms with Crippen molar-refractivity contribution in [3.8, 4) is 45.3 Å². The molecule has 0 aliphatic heterocycles. The molecule has 4 aromatic heterocycles. The molecule has 8 rings (SSSR count). The van der Waals surface area contributed by atoms with Crippen LogP contribution in [0, 0.1) is 17.0 Å². The molecule has 4 heterocycles. The zero-order valence-electron chi connectivity index (χ0n) is 34.7. The van der Waals surface area contributed by atoms with Crippen molar-refractivity contribution in [3.63, 3.8) is 0 Å². The highest BCUT2D eigenvalue weighted by Crippen LogP contribution is 2.38. The first-order chi connectivity index (χ1) is 29.6. The van der Waals surface area contributed by atoms with Crippen molar-refractivity contribution in [1.82, 2.24) is 29.1 Å². The number of aryl methyl sites for hydroxylation is 1. The Balaban J connectivity index is 0.000000186. The third-order valence-corrected chi connectivity index (χ3v) is 10.6. The summed E-state index contributed by atoms with van der Waals surface area (Å²) in [5.41, 5.74) is 18.9. The maximum atomic E-state index is 12.0. The number of aldehydes is 1. The minimum Gasteiger partial charge on any atom is -0.457 e. The number of ketones is 1. The number of ether oxygens (including phenoxy) is 2. The van der Waals surface area contributed by atoms with Gasteiger partial charge in [0.05, 0.1) is 26.8 Å². The maximum absolute atomic E-state index is 12.0. The Morgan fingerprint density at radius 2 is 1.23 bits per heavy atom. The fourth-order valence-corrected chi connectivity index (χ4v) is 7.11. The van der Waals surface area contributed by atoms with Gasteiger partial charge in [0.1, 0.15) is 58.6 Å². The Labute approximate surface area is 361 Å². The molecule has 0 aliphatic carbocycles. The lowest BCUT2D eigenvalue weighted by molar-refractivity contribution is -0.384. The molecule has 0 fully saturated rings. The molecule has 62 heavy (non-hydrogen) atoms. The molecular formula is C46H42ClN9O6. The van der Waals surface area contributed by atoms with Gasteiger partial charge < -0.3 is 30.1 Å². The molecule has 0 unspecified atom stereocenters. The quantitative estimate of drug-likeness (QED) is 0.0539. The lowest BCUT2D eigenvalue weighted by Gasteiger charge is -2.12. The fraction of sp³-hybridized carbons (Fsp3) is 0.174. The molecule has 4 N–H and O–H groups in total. The van der Waals surface area contributed by atoms with E-state index in [4.69, 9.17) is 32.5 Å². The standard InChI is InChI=1S/C24H23ClN4O2.C22H19N5O4/c1-13(2)29-11-19(22-23(26)27-12-28-24(22)29)16-5-7-17(8-6-16)31-21-10-20(25)14(3)9-18(21)15(4)30;1-13(2)26-10-18(20-21(23)24-12-25-22(20)26)14-3-6-17(7-4-14)31-19-8-5-16(27(29)30)9-15(19)11-28/h5-13H,1-4H3,(H2,26,27,28);3-13H,1-2H3,(H2,23,24,25). The number of carbonyl (C=O) groups excluding carboxylic acids is 2. The van der Waals surface area contributed by atoms with Gasteiger partial charge in [0.2, 0.25) is 0 Å². The number of Topliss-reactive ketones (excluding diaryl/α,β-unsaturated/α-hetero) is 1. The van der Waals surface area contributed by atoms with E-state index in [0.717, 1.165) is 49.9 Å².